The van der Waals surface area contributed by atoms with E-state index >= 15 is 0 Å². The summed E-state index contributed by atoms with van der Waals surface area (Å²) in [6.45, 7) is 5.85. The molecule has 1 aromatic heterocycles. The van der Waals surface area contributed by atoms with Crippen LogP contribution in [-0.2, 0) is 0 Å². The first-order chi connectivity index (χ1) is 16.0. The Morgan fingerprint density at radius 3 is 2.61 bits per heavy atom. The molecule has 0 spiro atoms. The van der Waals surface area contributed by atoms with E-state index in [1.807, 2.05) is 31.2 Å². The Morgan fingerprint density at radius 1 is 1.21 bits per heavy atom. The van der Waals surface area contributed by atoms with Gasteiger partial charge in [0.1, 0.15) is 5.75 Å². The summed E-state index contributed by atoms with van der Waals surface area (Å²) in [4.78, 5) is 19.0. The first kappa shape index (κ1) is 21.9. The van der Waals surface area contributed by atoms with Crippen molar-refractivity contribution in [3.63, 3.8) is 0 Å². The molecule has 4 rings (SSSR count). The van der Waals surface area contributed by atoms with Crippen molar-refractivity contribution in [1.82, 2.24) is 20.4 Å². The van der Waals surface area contributed by atoms with Gasteiger partial charge in [0.05, 0.1) is 25.8 Å². The number of ether oxygens (including phenoxy) is 2. The lowest BCUT2D eigenvalue weighted by molar-refractivity contribution is 0.209. The third-order valence-corrected chi connectivity index (χ3v) is 5.45. The smallest absolute Gasteiger partial charge is 0.322 e. The summed E-state index contributed by atoms with van der Waals surface area (Å²) in [5.41, 5.74) is 2.65. The first-order valence-electron chi connectivity index (χ1n) is 10.2. The number of amides is 2. The number of rotatable bonds is 7. The van der Waals surface area contributed by atoms with Gasteiger partial charge in [-0.1, -0.05) is 17.3 Å². The molecule has 0 bridgehead atoms. The lowest BCUT2D eigenvalue weighted by Crippen LogP contribution is -2.46. The van der Waals surface area contributed by atoms with Crippen LogP contribution < -0.4 is 14.8 Å². The largest absolute Gasteiger partial charge is 0.504 e. The van der Waals surface area contributed by atoms with Crippen LogP contribution in [0.4, 0.5) is 4.79 Å². The molecule has 1 aliphatic heterocycles. The van der Waals surface area contributed by atoms with Crippen LogP contribution in [-0.4, -0.2) is 46.9 Å². The van der Waals surface area contributed by atoms with Gasteiger partial charge in [0.25, 0.3) is 5.89 Å². The lowest BCUT2D eigenvalue weighted by atomic mass is 9.94. The number of aromatic hydroxyl groups is 1. The molecule has 1 aliphatic rings. The zero-order chi connectivity index (χ0) is 23.5. The molecule has 1 unspecified atom stereocenters. The summed E-state index contributed by atoms with van der Waals surface area (Å²) in [6, 6.07) is 11.3. The Morgan fingerprint density at radius 2 is 1.97 bits per heavy atom. The lowest BCUT2D eigenvalue weighted by Gasteiger charge is -2.34. The Bertz CT molecular complexity index is 1220. The van der Waals surface area contributed by atoms with Crippen molar-refractivity contribution in [2.75, 3.05) is 20.8 Å². The Hall–Kier alpha value is -4.27. The molecule has 9 nitrogen and oxygen atoms in total. The van der Waals surface area contributed by atoms with Crippen molar-refractivity contribution < 1.29 is 23.9 Å². The van der Waals surface area contributed by atoms with E-state index in [4.69, 9.17) is 14.0 Å². The van der Waals surface area contributed by atoms with E-state index in [0.29, 0.717) is 35.0 Å². The van der Waals surface area contributed by atoms with Gasteiger partial charge in [-0.2, -0.15) is 4.98 Å². The number of phenolic OH excluding ortho intramolecular Hbond substituents is 1. The molecule has 0 saturated heterocycles. The monoisotopic (exact) mass is 448 g/mol. The predicted octanol–water partition coefficient (Wildman–Crippen LogP) is 4.14. The van der Waals surface area contributed by atoms with E-state index in [0.717, 1.165) is 11.3 Å². The maximum absolute atomic E-state index is 12.8. The fourth-order valence-electron chi connectivity index (χ4n) is 3.73. The van der Waals surface area contributed by atoms with Crippen LogP contribution in [0.15, 0.2) is 65.3 Å². The number of nitrogens with zero attached hydrogens (tertiary/aromatic N) is 3. The molecule has 0 radical (unpaired) electrons. The molecular formula is C24H24N4O5. The van der Waals surface area contributed by atoms with Crippen molar-refractivity contribution in [1.29, 1.82) is 0 Å². The highest BCUT2D eigenvalue weighted by molar-refractivity contribution is 5.87. The number of methoxy groups -OCH3 is 2. The van der Waals surface area contributed by atoms with E-state index in [-0.39, 0.29) is 17.7 Å². The Balaban J connectivity index is 1.80. The third kappa shape index (κ3) is 4.12. The number of aromatic nitrogens is 2. The van der Waals surface area contributed by atoms with Crippen molar-refractivity contribution in [3.05, 3.63) is 72.3 Å². The topological polar surface area (TPSA) is 110 Å². The minimum atomic E-state index is -0.625. The van der Waals surface area contributed by atoms with Gasteiger partial charge in [-0.3, -0.25) is 4.90 Å². The van der Waals surface area contributed by atoms with Gasteiger partial charge in [0.15, 0.2) is 11.5 Å². The van der Waals surface area contributed by atoms with Crippen LogP contribution in [0.5, 0.6) is 17.2 Å². The highest BCUT2D eigenvalue weighted by Crippen LogP contribution is 2.39. The van der Waals surface area contributed by atoms with Gasteiger partial charge in [-0.25, -0.2) is 4.79 Å². The second kappa shape index (κ2) is 9.07. The van der Waals surface area contributed by atoms with Crippen molar-refractivity contribution in [2.45, 2.75) is 13.0 Å². The molecule has 2 aromatic carbocycles. The molecule has 9 heteroatoms. The second-order valence-corrected chi connectivity index (χ2v) is 7.36. The van der Waals surface area contributed by atoms with Gasteiger partial charge in [0, 0.05) is 17.8 Å². The third-order valence-electron chi connectivity index (χ3n) is 5.45. The predicted molar refractivity (Wildman–Crippen MR) is 122 cm³/mol. The molecule has 2 N–H and O–H groups in total. The highest BCUT2D eigenvalue weighted by atomic mass is 16.5. The van der Waals surface area contributed by atoms with E-state index in [1.54, 1.807) is 36.3 Å². The van der Waals surface area contributed by atoms with Gasteiger partial charge >= 0.3 is 6.03 Å². The summed E-state index contributed by atoms with van der Waals surface area (Å²) in [6.07, 6.45) is 1.64. The molecule has 33 heavy (non-hydrogen) atoms. The number of urea groups is 1. The average Bonchev–Trinajstić information content (AvgIpc) is 3.31. The number of nitrogens with one attached hydrogen (secondary N) is 1. The normalized spacial score (nSPS) is 15.9. The summed E-state index contributed by atoms with van der Waals surface area (Å²) in [5.74, 6) is 1.66. The van der Waals surface area contributed by atoms with E-state index < -0.39 is 6.04 Å². The molecule has 1 atom stereocenters. The molecule has 2 heterocycles. The van der Waals surface area contributed by atoms with Gasteiger partial charge in [-0.15, -0.1) is 6.58 Å². The maximum Gasteiger partial charge on any atom is 0.322 e. The number of carbonyl (C=O) groups excluding carboxylic acids is 1. The van der Waals surface area contributed by atoms with E-state index in [2.05, 4.69) is 22.0 Å². The van der Waals surface area contributed by atoms with E-state index in [1.165, 1.54) is 7.11 Å². The van der Waals surface area contributed by atoms with Crippen molar-refractivity contribution in [3.8, 4) is 28.6 Å². The Kier molecular flexibility index (Phi) is 6.03. The van der Waals surface area contributed by atoms with Crippen LogP contribution in [0.3, 0.4) is 0 Å². The number of carbonyl (C=O) groups is 1. The van der Waals surface area contributed by atoms with Crippen molar-refractivity contribution >= 4 is 11.6 Å². The number of hydrogen-bond acceptors (Lipinski definition) is 7. The number of allylic oxidation sites excluding steroid dienone is 1. The molecule has 3 aromatic rings. The van der Waals surface area contributed by atoms with Gasteiger partial charge < -0.3 is 24.4 Å². The number of benzene rings is 2. The van der Waals surface area contributed by atoms with Crippen LogP contribution in [0.2, 0.25) is 0 Å². The van der Waals surface area contributed by atoms with Crippen molar-refractivity contribution in [2.24, 2.45) is 0 Å². The second-order valence-electron chi connectivity index (χ2n) is 7.36. The van der Waals surface area contributed by atoms with Crippen LogP contribution in [0.1, 0.15) is 24.4 Å². The quantitative estimate of drug-likeness (QED) is 0.523. The SMILES string of the molecule is C=CCN1C(=O)NC(c2ccc(OC)c(O)c2)C(c2nc(-c3ccc(OC)cc3)no2)=C1C. The maximum atomic E-state index is 12.8. The van der Waals surface area contributed by atoms with Crippen LogP contribution in [0.25, 0.3) is 17.0 Å². The summed E-state index contributed by atoms with van der Waals surface area (Å²) < 4.78 is 16.0. The molecule has 2 amide bonds. The number of phenols is 1. The molecule has 170 valence electrons. The van der Waals surface area contributed by atoms with E-state index in [9.17, 15) is 9.90 Å². The molecule has 0 saturated carbocycles. The van der Waals surface area contributed by atoms with Crippen LogP contribution >= 0.6 is 0 Å². The molecule has 0 fully saturated rings. The number of hydrogen-bond donors (Lipinski definition) is 2. The minimum absolute atomic E-state index is 0.0424. The van der Waals surface area contributed by atoms with Gasteiger partial charge in [-0.05, 0) is 48.9 Å². The summed E-state index contributed by atoms with van der Waals surface area (Å²) in [5, 5.41) is 17.4. The highest BCUT2D eigenvalue weighted by Gasteiger charge is 2.35. The van der Waals surface area contributed by atoms with Gasteiger partial charge in [0.2, 0.25) is 5.82 Å². The molecule has 0 aliphatic carbocycles. The van der Waals surface area contributed by atoms with Crippen LogP contribution in [0, 0.1) is 0 Å². The fourth-order valence-corrected chi connectivity index (χ4v) is 3.73. The fraction of sp³-hybridized carbons (Fsp3) is 0.208. The minimum Gasteiger partial charge on any atom is -0.504 e. The zero-order valence-electron chi connectivity index (χ0n) is 18.5. The summed E-state index contributed by atoms with van der Waals surface area (Å²) in [7, 11) is 3.07. The average molecular weight is 448 g/mol. The molecular weight excluding hydrogens is 424 g/mol. The zero-order valence-corrected chi connectivity index (χ0v) is 18.5. The standard InChI is InChI=1S/C24H24N4O5/c1-5-12-28-14(2)20(21(25-24(28)30)16-8-11-19(32-4)18(29)13-16)23-26-22(27-33-23)15-6-9-17(31-3)10-7-15/h5-11,13,21,29H,1,12H2,2-4H3,(H,25,30). The summed E-state index contributed by atoms with van der Waals surface area (Å²) >= 11 is 0. The Labute approximate surface area is 190 Å². The first-order valence-corrected chi connectivity index (χ1v) is 10.2.